The van der Waals surface area contributed by atoms with Gasteiger partial charge in [-0.1, -0.05) is 6.07 Å². The van der Waals surface area contributed by atoms with E-state index in [0.717, 1.165) is 0 Å². The molecule has 6 nitrogen and oxygen atoms in total. The van der Waals surface area contributed by atoms with E-state index >= 15 is 0 Å². The minimum Gasteiger partial charge on any atom is -0.366 e. The molecule has 2 aromatic heterocycles. The van der Waals surface area contributed by atoms with Gasteiger partial charge in [-0.3, -0.25) is 19.6 Å². The number of nitrogens with two attached hydrogens (primary N) is 1. The van der Waals surface area contributed by atoms with Crippen LogP contribution in [0.1, 0.15) is 21.7 Å². The van der Waals surface area contributed by atoms with Gasteiger partial charge in [-0.2, -0.15) is 0 Å². The molecule has 0 atom stereocenters. The molecule has 2 heterocycles. The van der Waals surface area contributed by atoms with Crippen LogP contribution >= 0.6 is 0 Å². The maximum atomic E-state index is 11.8. The summed E-state index contributed by atoms with van der Waals surface area (Å²) in [5, 5.41) is 2.77. The van der Waals surface area contributed by atoms with Crippen molar-refractivity contribution < 1.29 is 9.59 Å². The zero-order chi connectivity index (χ0) is 15.1. The molecule has 2 amide bonds. The molecule has 0 radical (unpaired) electrons. The number of amides is 2. The summed E-state index contributed by atoms with van der Waals surface area (Å²) in [6.07, 6.45) is 3.92. The molecule has 0 aliphatic heterocycles. The van der Waals surface area contributed by atoms with Crippen molar-refractivity contribution in [3.8, 4) is 0 Å². The first kappa shape index (κ1) is 14.6. The van der Waals surface area contributed by atoms with Gasteiger partial charge in [-0.15, -0.1) is 0 Å². The second-order valence-corrected chi connectivity index (χ2v) is 4.46. The summed E-state index contributed by atoms with van der Waals surface area (Å²) in [5.74, 6) is -0.636. The number of hydrogen-bond acceptors (Lipinski definition) is 4. The number of carbonyl (C=O) groups is 2. The molecule has 0 bridgehead atoms. The van der Waals surface area contributed by atoms with Crippen LogP contribution in [0, 0.1) is 0 Å². The van der Waals surface area contributed by atoms with Crippen molar-refractivity contribution in [2.24, 2.45) is 5.73 Å². The molecule has 21 heavy (non-hydrogen) atoms. The highest BCUT2D eigenvalue weighted by molar-refractivity contribution is 5.93. The molecule has 2 rings (SSSR count). The van der Waals surface area contributed by atoms with Crippen molar-refractivity contribution in [3.05, 3.63) is 59.7 Å². The Hall–Kier alpha value is -2.76. The van der Waals surface area contributed by atoms with Crippen molar-refractivity contribution in [2.45, 2.75) is 12.8 Å². The zero-order valence-electron chi connectivity index (χ0n) is 11.5. The number of rotatable bonds is 6. The number of nitrogens with zero attached hydrogens (tertiary/aromatic N) is 2. The van der Waals surface area contributed by atoms with Crippen molar-refractivity contribution >= 4 is 11.8 Å². The van der Waals surface area contributed by atoms with Gasteiger partial charge in [0.05, 0.1) is 17.7 Å². The summed E-state index contributed by atoms with van der Waals surface area (Å²) in [6.45, 7) is 0.392. The van der Waals surface area contributed by atoms with E-state index in [1.54, 1.807) is 36.7 Å². The van der Waals surface area contributed by atoms with Crippen LogP contribution in [0.3, 0.4) is 0 Å². The first-order valence-electron chi connectivity index (χ1n) is 6.57. The molecule has 0 fully saturated rings. The summed E-state index contributed by atoms with van der Waals surface area (Å²) in [5.41, 5.74) is 6.96. The van der Waals surface area contributed by atoms with Crippen LogP contribution in [0.5, 0.6) is 0 Å². The molecule has 0 aliphatic carbocycles. The van der Waals surface area contributed by atoms with Crippen LogP contribution in [0.2, 0.25) is 0 Å². The third-order valence-corrected chi connectivity index (χ3v) is 2.91. The summed E-state index contributed by atoms with van der Waals surface area (Å²) in [6, 6.07) is 8.71. The predicted octanol–water partition coefficient (Wildman–Crippen LogP) is 0.477. The van der Waals surface area contributed by atoms with Gasteiger partial charge in [0.15, 0.2) is 0 Å². The Kier molecular flexibility index (Phi) is 4.98. The molecular weight excluding hydrogens is 268 g/mol. The van der Waals surface area contributed by atoms with Gasteiger partial charge in [-0.05, 0) is 24.3 Å². The molecular formula is C15H16N4O2. The lowest BCUT2D eigenvalue weighted by molar-refractivity contribution is -0.120. The Morgan fingerprint density at radius 1 is 1.10 bits per heavy atom. The molecule has 0 aromatic carbocycles. The van der Waals surface area contributed by atoms with E-state index in [2.05, 4.69) is 15.3 Å². The molecule has 108 valence electrons. The van der Waals surface area contributed by atoms with E-state index in [9.17, 15) is 9.59 Å². The van der Waals surface area contributed by atoms with E-state index in [1.165, 1.54) is 0 Å². The second-order valence-electron chi connectivity index (χ2n) is 4.46. The predicted molar refractivity (Wildman–Crippen MR) is 77.4 cm³/mol. The monoisotopic (exact) mass is 284 g/mol. The van der Waals surface area contributed by atoms with Gasteiger partial charge in [0.2, 0.25) is 5.91 Å². The van der Waals surface area contributed by atoms with Crippen LogP contribution in [0.25, 0.3) is 0 Å². The minimum atomic E-state index is -0.516. The lowest BCUT2D eigenvalue weighted by Gasteiger charge is -2.07. The first-order valence-corrected chi connectivity index (χ1v) is 6.57. The fraction of sp³-hybridized carbons (Fsp3) is 0.200. The lowest BCUT2D eigenvalue weighted by Crippen LogP contribution is -2.28. The standard InChI is InChI=1S/C15H16N4O2/c16-15(21)12-5-3-8-18-13(12)6-9-19-14(20)10-11-4-1-2-7-17-11/h1-5,7-8H,6,9-10H2,(H2,16,21)(H,19,20). The van der Waals surface area contributed by atoms with Gasteiger partial charge in [0, 0.05) is 31.1 Å². The molecule has 0 saturated heterocycles. The molecule has 0 aliphatic rings. The highest BCUT2D eigenvalue weighted by atomic mass is 16.1. The molecule has 0 saturated carbocycles. The summed E-state index contributed by atoms with van der Waals surface area (Å²) in [7, 11) is 0. The number of pyridine rings is 2. The Balaban J connectivity index is 1.84. The topological polar surface area (TPSA) is 98.0 Å². The SMILES string of the molecule is NC(=O)c1cccnc1CCNC(=O)Cc1ccccn1. The van der Waals surface area contributed by atoms with Gasteiger partial charge in [0.1, 0.15) is 0 Å². The van der Waals surface area contributed by atoms with Crippen molar-refractivity contribution in [2.75, 3.05) is 6.54 Å². The molecule has 6 heteroatoms. The number of carbonyl (C=O) groups excluding carboxylic acids is 2. The highest BCUT2D eigenvalue weighted by Gasteiger charge is 2.09. The van der Waals surface area contributed by atoms with Crippen LogP contribution in [0.15, 0.2) is 42.7 Å². The zero-order valence-corrected chi connectivity index (χ0v) is 11.5. The van der Waals surface area contributed by atoms with Crippen LogP contribution in [0.4, 0.5) is 0 Å². The Bertz CT molecular complexity index is 629. The van der Waals surface area contributed by atoms with E-state index in [4.69, 9.17) is 5.73 Å². The average Bonchev–Trinajstić information content (AvgIpc) is 2.48. The van der Waals surface area contributed by atoms with Crippen LogP contribution < -0.4 is 11.1 Å². The van der Waals surface area contributed by atoms with Crippen LogP contribution in [-0.2, 0) is 17.6 Å². The normalized spacial score (nSPS) is 10.1. The largest absolute Gasteiger partial charge is 0.366 e. The third kappa shape index (κ3) is 4.38. The van der Waals surface area contributed by atoms with E-state index in [-0.39, 0.29) is 12.3 Å². The Morgan fingerprint density at radius 2 is 1.90 bits per heavy atom. The Morgan fingerprint density at radius 3 is 2.62 bits per heavy atom. The summed E-state index contributed by atoms with van der Waals surface area (Å²) >= 11 is 0. The first-order chi connectivity index (χ1) is 10.2. The van der Waals surface area contributed by atoms with Gasteiger partial charge < -0.3 is 11.1 Å². The number of primary amides is 1. The highest BCUT2D eigenvalue weighted by Crippen LogP contribution is 2.04. The molecule has 0 spiro atoms. The number of hydrogen-bond donors (Lipinski definition) is 2. The maximum Gasteiger partial charge on any atom is 0.250 e. The average molecular weight is 284 g/mol. The maximum absolute atomic E-state index is 11.8. The lowest BCUT2D eigenvalue weighted by atomic mass is 10.1. The smallest absolute Gasteiger partial charge is 0.250 e. The van der Waals surface area contributed by atoms with Crippen LogP contribution in [-0.4, -0.2) is 28.3 Å². The quantitative estimate of drug-likeness (QED) is 0.806. The van der Waals surface area contributed by atoms with Crippen molar-refractivity contribution in [1.82, 2.24) is 15.3 Å². The number of nitrogens with one attached hydrogen (secondary N) is 1. The van der Waals surface area contributed by atoms with Gasteiger partial charge in [0.25, 0.3) is 5.91 Å². The van der Waals surface area contributed by atoms with E-state index in [1.807, 2.05) is 6.07 Å². The fourth-order valence-corrected chi connectivity index (χ4v) is 1.91. The summed E-state index contributed by atoms with van der Waals surface area (Å²) < 4.78 is 0. The third-order valence-electron chi connectivity index (χ3n) is 2.91. The molecule has 0 unspecified atom stereocenters. The fourth-order valence-electron chi connectivity index (χ4n) is 1.91. The van der Waals surface area contributed by atoms with Crippen molar-refractivity contribution in [3.63, 3.8) is 0 Å². The van der Waals surface area contributed by atoms with E-state index < -0.39 is 5.91 Å². The van der Waals surface area contributed by atoms with Gasteiger partial charge >= 0.3 is 0 Å². The molecule has 2 aromatic rings. The summed E-state index contributed by atoms with van der Waals surface area (Å²) in [4.78, 5) is 31.2. The van der Waals surface area contributed by atoms with Gasteiger partial charge in [-0.25, -0.2) is 0 Å². The number of aromatic nitrogens is 2. The second kappa shape index (κ2) is 7.14. The molecule has 3 N–H and O–H groups in total. The Labute approximate surface area is 122 Å². The van der Waals surface area contributed by atoms with Crippen molar-refractivity contribution in [1.29, 1.82) is 0 Å². The minimum absolute atomic E-state index is 0.120. The van der Waals surface area contributed by atoms with E-state index in [0.29, 0.717) is 29.9 Å².